The summed E-state index contributed by atoms with van der Waals surface area (Å²) in [6.07, 6.45) is 0. The van der Waals surface area contributed by atoms with Crippen LogP contribution in [0.5, 0.6) is 0 Å². The first-order valence-electron chi connectivity index (χ1n) is 3.99. The van der Waals surface area contributed by atoms with E-state index in [0.717, 1.165) is 0 Å². The number of nitrogens with two attached hydrogens (primary N) is 1. The van der Waals surface area contributed by atoms with E-state index in [0.29, 0.717) is 0 Å². The zero-order chi connectivity index (χ0) is 14.5. The summed E-state index contributed by atoms with van der Waals surface area (Å²) in [6, 6.07) is -5.51. The van der Waals surface area contributed by atoms with E-state index in [2.05, 4.69) is 5.73 Å². The molecule has 1 nitrogen and oxygen atoms in total. The fourth-order valence-corrected chi connectivity index (χ4v) is 1.05. The number of benzene rings is 1. The highest BCUT2D eigenvalue weighted by atomic mass is 19.3. The normalized spacial score (nSPS) is 13.0. The van der Waals surface area contributed by atoms with Crippen LogP contribution in [-0.2, 0) is 5.92 Å². The molecule has 0 unspecified atom stereocenters. The van der Waals surface area contributed by atoms with Gasteiger partial charge in [-0.25, -0.2) is 22.0 Å². The van der Waals surface area contributed by atoms with Crippen LogP contribution in [0.3, 0.4) is 0 Å². The van der Waals surface area contributed by atoms with Gasteiger partial charge in [0.15, 0.2) is 23.3 Å². The van der Waals surface area contributed by atoms with Gasteiger partial charge in [-0.1, -0.05) is 0 Å². The lowest BCUT2D eigenvalue weighted by molar-refractivity contribution is -0.215. The molecule has 1 rings (SSSR count). The van der Waals surface area contributed by atoms with Crippen molar-refractivity contribution in [3.8, 4) is 0 Å². The molecule has 2 N–H and O–H groups in total. The van der Waals surface area contributed by atoms with Crippen LogP contribution in [-0.4, -0.2) is 6.05 Å². The molecular formula is C8H2F9N. The minimum atomic E-state index is -5.77. The lowest BCUT2D eigenvalue weighted by Crippen LogP contribution is -2.47. The maximum absolute atomic E-state index is 12.9. The predicted octanol–water partition coefficient (Wildman–Crippen LogP) is 3.03. The van der Waals surface area contributed by atoms with E-state index in [1.54, 1.807) is 0 Å². The monoisotopic (exact) mass is 283 g/mol. The Balaban J connectivity index is 3.72. The third-order valence-electron chi connectivity index (χ3n) is 1.94. The molecule has 0 saturated carbocycles. The van der Waals surface area contributed by atoms with Gasteiger partial charge in [-0.3, -0.25) is 5.73 Å². The average molecular weight is 283 g/mol. The predicted molar refractivity (Wildman–Crippen MR) is 39.3 cm³/mol. The summed E-state index contributed by atoms with van der Waals surface area (Å²) in [5.74, 6) is -20.2. The number of halogens is 9. The van der Waals surface area contributed by atoms with Crippen molar-refractivity contribution in [1.29, 1.82) is 0 Å². The largest absolute Gasteiger partial charge is 0.367 e. The van der Waals surface area contributed by atoms with Crippen molar-refractivity contribution in [3.05, 3.63) is 34.6 Å². The Morgan fingerprint density at radius 3 is 1.17 bits per heavy atom. The second kappa shape index (κ2) is 4.04. The van der Waals surface area contributed by atoms with Crippen LogP contribution in [0.15, 0.2) is 0 Å². The molecule has 0 fully saturated rings. The highest BCUT2D eigenvalue weighted by molar-refractivity contribution is 5.29. The van der Waals surface area contributed by atoms with Crippen molar-refractivity contribution >= 4 is 0 Å². The van der Waals surface area contributed by atoms with Crippen molar-refractivity contribution in [2.45, 2.75) is 12.0 Å². The molecule has 0 saturated heterocycles. The summed E-state index contributed by atoms with van der Waals surface area (Å²) < 4.78 is 114. The van der Waals surface area contributed by atoms with Crippen LogP contribution in [0.4, 0.5) is 39.5 Å². The first-order chi connectivity index (χ1) is 7.93. The number of hydrogen-bond acceptors (Lipinski definition) is 1. The summed E-state index contributed by atoms with van der Waals surface area (Å²) in [4.78, 5) is 0. The highest BCUT2D eigenvalue weighted by Crippen LogP contribution is 2.43. The van der Waals surface area contributed by atoms with Gasteiger partial charge >= 0.3 is 12.0 Å². The van der Waals surface area contributed by atoms with Gasteiger partial charge in [0.25, 0.3) is 0 Å². The molecule has 0 atom stereocenters. The van der Waals surface area contributed by atoms with Crippen LogP contribution in [0.2, 0.25) is 0 Å². The third kappa shape index (κ3) is 1.89. The lowest BCUT2D eigenvalue weighted by Gasteiger charge is -2.24. The molecule has 0 aromatic heterocycles. The standard InChI is InChI=1S/C8H2F9N/c9-2-1(7(14,15)8(16,17)18)3(10)5(12)6(13)4(2)11/h18H2. The molecular weight excluding hydrogens is 281 g/mol. The summed E-state index contributed by atoms with van der Waals surface area (Å²) in [5, 5.41) is 0. The smallest absolute Gasteiger partial charge is 0.266 e. The molecule has 0 heterocycles. The van der Waals surface area contributed by atoms with E-state index in [1.807, 2.05) is 0 Å². The fourth-order valence-electron chi connectivity index (χ4n) is 1.05. The van der Waals surface area contributed by atoms with Gasteiger partial charge in [-0.05, 0) is 0 Å². The zero-order valence-electron chi connectivity index (χ0n) is 7.98. The molecule has 102 valence electrons. The maximum atomic E-state index is 12.9. The number of rotatable bonds is 2. The van der Waals surface area contributed by atoms with Gasteiger partial charge in [0.1, 0.15) is 5.56 Å². The quantitative estimate of drug-likeness (QED) is 0.384. The fraction of sp³-hybridized carbons (Fsp3) is 0.250. The van der Waals surface area contributed by atoms with Crippen molar-refractivity contribution in [2.75, 3.05) is 0 Å². The van der Waals surface area contributed by atoms with E-state index >= 15 is 0 Å². The minimum absolute atomic E-state index is 2.75. The SMILES string of the molecule is NC(F)(F)C(F)(F)c1c(F)c(F)c(F)c(F)c1F. The second-order valence-corrected chi connectivity index (χ2v) is 3.14. The molecule has 10 heteroatoms. The minimum Gasteiger partial charge on any atom is -0.266 e. The molecule has 0 spiro atoms. The third-order valence-corrected chi connectivity index (χ3v) is 1.94. The van der Waals surface area contributed by atoms with E-state index in [1.165, 1.54) is 0 Å². The van der Waals surface area contributed by atoms with Crippen LogP contribution < -0.4 is 5.73 Å². The summed E-state index contributed by atoms with van der Waals surface area (Å²) in [7, 11) is 0. The number of hydrogen-bond donors (Lipinski definition) is 1. The first kappa shape index (κ1) is 14.6. The first-order valence-corrected chi connectivity index (χ1v) is 3.99. The van der Waals surface area contributed by atoms with Gasteiger partial charge in [0.05, 0.1) is 0 Å². The summed E-state index contributed by atoms with van der Waals surface area (Å²) in [6.45, 7) is 0. The van der Waals surface area contributed by atoms with E-state index in [9.17, 15) is 39.5 Å². The van der Waals surface area contributed by atoms with E-state index in [-0.39, 0.29) is 0 Å². The lowest BCUT2D eigenvalue weighted by atomic mass is 10.0. The van der Waals surface area contributed by atoms with Crippen molar-refractivity contribution < 1.29 is 39.5 Å². The molecule has 1 aromatic rings. The van der Waals surface area contributed by atoms with Gasteiger partial charge in [0.2, 0.25) is 5.82 Å². The van der Waals surface area contributed by atoms with Crippen LogP contribution >= 0.6 is 0 Å². The summed E-state index contributed by atoms with van der Waals surface area (Å²) >= 11 is 0. The Kier molecular flexibility index (Phi) is 3.28. The van der Waals surface area contributed by atoms with Crippen molar-refractivity contribution in [2.24, 2.45) is 5.73 Å². The van der Waals surface area contributed by atoms with Gasteiger partial charge in [-0.2, -0.15) is 17.6 Å². The molecule has 0 bridgehead atoms. The Bertz CT molecular complexity index is 461. The Morgan fingerprint density at radius 1 is 0.611 bits per heavy atom. The second-order valence-electron chi connectivity index (χ2n) is 3.14. The molecule has 18 heavy (non-hydrogen) atoms. The molecule has 0 radical (unpaired) electrons. The van der Waals surface area contributed by atoms with Crippen LogP contribution in [0.1, 0.15) is 5.56 Å². The highest BCUT2D eigenvalue weighted by Gasteiger charge is 2.59. The summed E-state index contributed by atoms with van der Waals surface area (Å²) in [5.41, 5.74) is 0.686. The molecule has 0 amide bonds. The molecule has 0 aliphatic carbocycles. The Hall–Kier alpha value is -1.45. The van der Waals surface area contributed by atoms with Crippen molar-refractivity contribution in [3.63, 3.8) is 0 Å². The molecule has 1 aromatic carbocycles. The van der Waals surface area contributed by atoms with Gasteiger partial charge in [0, 0.05) is 0 Å². The molecule has 0 aliphatic rings. The maximum Gasteiger partial charge on any atom is 0.367 e. The van der Waals surface area contributed by atoms with Gasteiger partial charge in [-0.15, -0.1) is 0 Å². The average Bonchev–Trinajstić information content (AvgIpc) is 2.22. The number of alkyl halides is 4. The molecule has 0 aliphatic heterocycles. The Labute approximate surface area is 93.0 Å². The van der Waals surface area contributed by atoms with Crippen LogP contribution in [0, 0.1) is 29.1 Å². The zero-order valence-corrected chi connectivity index (χ0v) is 7.98. The topological polar surface area (TPSA) is 26.0 Å². The van der Waals surface area contributed by atoms with Crippen molar-refractivity contribution in [1.82, 2.24) is 0 Å². The van der Waals surface area contributed by atoms with E-state index in [4.69, 9.17) is 0 Å². The Morgan fingerprint density at radius 2 is 0.889 bits per heavy atom. The van der Waals surface area contributed by atoms with Crippen LogP contribution in [0.25, 0.3) is 0 Å². The van der Waals surface area contributed by atoms with E-state index < -0.39 is 46.6 Å². The van der Waals surface area contributed by atoms with Gasteiger partial charge < -0.3 is 0 Å².